The van der Waals surface area contributed by atoms with Crippen LogP contribution in [0, 0.1) is 16.7 Å². The number of alkyl halides is 3. The molecule has 1 rings (SSSR count). The Morgan fingerprint density at radius 3 is 2.14 bits per heavy atom. The van der Waals surface area contributed by atoms with E-state index < -0.39 is 12.8 Å². The van der Waals surface area contributed by atoms with E-state index in [9.17, 15) is 13.2 Å². The topological polar surface area (TPSA) is 21.3 Å². The van der Waals surface area contributed by atoms with Crippen LogP contribution in [0.2, 0.25) is 0 Å². The van der Waals surface area contributed by atoms with Gasteiger partial charge in [0.1, 0.15) is 6.61 Å². The number of rotatable bonds is 6. The Bertz CT molecular complexity index is 302. The van der Waals surface area contributed by atoms with Crippen LogP contribution in [0.15, 0.2) is 0 Å². The minimum atomic E-state index is -4.22. The first-order valence-electron chi connectivity index (χ1n) is 7.87. The number of hydrogen-bond donors (Lipinski definition) is 1. The van der Waals surface area contributed by atoms with Crippen LogP contribution in [0.25, 0.3) is 0 Å². The highest BCUT2D eigenvalue weighted by Gasteiger charge is 2.38. The van der Waals surface area contributed by atoms with Gasteiger partial charge in [-0.15, -0.1) is 0 Å². The molecule has 0 aromatic heterocycles. The van der Waals surface area contributed by atoms with Gasteiger partial charge < -0.3 is 10.1 Å². The molecule has 0 bridgehead atoms. The van der Waals surface area contributed by atoms with Crippen LogP contribution in [-0.2, 0) is 4.74 Å². The van der Waals surface area contributed by atoms with Crippen LogP contribution in [0.1, 0.15) is 52.9 Å². The molecule has 1 aliphatic rings. The summed E-state index contributed by atoms with van der Waals surface area (Å²) in [6.45, 7) is 6.74. The normalized spacial score (nSPS) is 27.9. The molecule has 1 saturated carbocycles. The summed E-state index contributed by atoms with van der Waals surface area (Å²) in [4.78, 5) is 0. The molecule has 0 aliphatic heterocycles. The second-order valence-corrected chi connectivity index (χ2v) is 7.59. The smallest absolute Gasteiger partial charge is 0.372 e. The van der Waals surface area contributed by atoms with E-state index in [2.05, 4.69) is 26.1 Å². The third kappa shape index (κ3) is 6.55. The van der Waals surface area contributed by atoms with Gasteiger partial charge in [-0.05, 0) is 55.9 Å². The summed E-state index contributed by atoms with van der Waals surface area (Å²) in [5.74, 6) is 0.707. The lowest BCUT2D eigenvalue weighted by molar-refractivity contribution is -0.175. The van der Waals surface area contributed by atoms with Gasteiger partial charge in [0.25, 0.3) is 0 Å². The Morgan fingerprint density at radius 2 is 1.71 bits per heavy atom. The van der Waals surface area contributed by atoms with E-state index >= 15 is 0 Å². The molecule has 0 saturated heterocycles. The van der Waals surface area contributed by atoms with Gasteiger partial charge in [-0.1, -0.05) is 20.8 Å². The molecule has 2 nitrogen and oxygen atoms in total. The highest BCUT2D eigenvalue weighted by molar-refractivity contribution is 4.90. The predicted molar refractivity (Wildman–Crippen MR) is 79.3 cm³/mol. The van der Waals surface area contributed by atoms with Crippen molar-refractivity contribution in [1.29, 1.82) is 0 Å². The van der Waals surface area contributed by atoms with Crippen molar-refractivity contribution in [2.24, 2.45) is 16.7 Å². The van der Waals surface area contributed by atoms with Crippen molar-refractivity contribution < 1.29 is 17.9 Å². The molecule has 0 amide bonds. The van der Waals surface area contributed by atoms with E-state index in [1.54, 1.807) is 0 Å². The molecule has 0 spiro atoms. The number of nitrogens with one attached hydrogen (secondary N) is 1. The molecule has 5 heteroatoms. The summed E-state index contributed by atoms with van der Waals surface area (Å²) < 4.78 is 41.1. The highest BCUT2D eigenvalue weighted by atomic mass is 19.4. The molecule has 0 aromatic carbocycles. The number of halogens is 3. The van der Waals surface area contributed by atoms with Crippen molar-refractivity contribution in [3.8, 4) is 0 Å². The van der Waals surface area contributed by atoms with Crippen molar-refractivity contribution >= 4 is 0 Å². The largest absolute Gasteiger partial charge is 0.411 e. The molecule has 0 heterocycles. The first kappa shape index (κ1) is 18.8. The van der Waals surface area contributed by atoms with Crippen LogP contribution in [-0.4, -0.2) is 33.0 Å². The third-order valence-electron chi connectivity index (χ3n) is 4.87. The number of ether oxygens (including phenoxy) is 1. The zero-order valence-corrected chi connectivity index (χ0v) is 13.8. The van der Waals surface area contributed by atoms with Crippen molar-refractivity contribution in [3.63, 3.8) is 0 Å². The van der Waals surface area contributed by atoms with Crippen molar-refractivity contribution in [3.05, 3.63) is 0 Å². The quantitative estimate of drug-likeness (QED) is 0.734. The molecule has 0 aromatic rings. The average Bonchev–Trinajstić information content (AvgIpc) is 2.34. The zero-order valence-electron chi connectivity index (χ0n) is 13.8. The summed E-state index contributed by atoms with van der Waals surface area (Å²) >= 11 is 0. The van der Waals surface area contributed by atoms with Gasteiger partial charge in [0.2, 0.25) is 0 Å². The molecule has 21 heavy (non-hydrogen) atoms. The molecule has 0 radical (unpaired) electrons. The van der Waals surface area contributed by atoms with Gasteiger partial charge in [0.05, 0.1) is 0 Å². The summed E-state index contributed by atoms with van der Waals surface area (Å²) in [6, 6.07) is 0. The molecular formula is C16H30F3NO. The lowest BCUT2D eigenvalue weighted by Crippen LogP contribution is -2.39. The maximum absolute atomic E-state index is 12.1. The second kappa shape index (κ2) is 7.32. The Balaban J connectivity index is 2.46. The van der Waals surface area contributed by atoms with E-state index in [-0.39, 0.29) is 12.0 Å². The summed E-state index contributed by atoms with van der Waals surface area (Å²) in [7, 11) is 1.91. The van der Waals surface area contributed by atoms with E-state index in [0.29, 0.717) is 17.8 Å². The summed E-state index contributed by atoms with van der Waals surface area (Å²) in [5, 5.41) is 3.21. The van der Waals surface area contributed by atoms with E-state index in [4.69, 9.17) is 4.74 Å². The van der Waals surface area contributed by atoms with Gasteiger partial charge in [-0.3, -0.25) is 0 Å². The molecule has 1 N–H and O–H groups in total. The second-order valence-electron chi connectivity index (χ2n) is 7.59. The molecule has 126 valence electrons. The Kier molecular flexibility index (Phi) is 6.54. The van der Waals surface area contributed by atoms with E-state index in [1.165, 1.54) is 0 Å². The maximum atomic E-state index is 12.1. The predicted octanol–water partition coefficient (Wildman–Crippen LogP) is 4.40. The van der Waals surface area contributed by atoms with Gasteiger partial charge in [-0.25, -0.2) is 0 Å². The van der Waals surface area contributed by atoms with Crippen LogP contribution in [0.4, 0.5) is 13.2 Å². The molecule has 0 unspecified atom stereocenters. The van der Waals surface area contributed by atoms with Crippen LogP contribution < -0.4 is 5.32 Å². The van der Waals surface area contributed by atoms with Crippen LogP contribution in [0.5, 0.6) is 0 Å². The fourth-order valence-corrected chi connectivity index (χ4v) is 3.46. The van der Waals surface area contributed by atoms with Gasteiger partial charge in [0, 0.05) is 13.2 Å². The highest BCUT2D eigenvalue weighted by Crippen LogP contribution is 2.46. The Morgan fingerprint density at radius 1 is 1.14 bits per heavy atom. The van der Waals surface area contributed by atoms with Crippen molar-refractivity contribution in [1.82, 2.24) is 5.32 Å². The number of hydrogen-bond acceptors (Lipinski definition) is 2. The first-order chi connectivity index (χ1) is 9.58. The Labute approximate surface area is 126 Å². The monoisotopic (exact) mass is 309 g/mol. The van der Waals surface area contributed by atoms with Crippen LogP contribution in [0.3, 0.4) is 0 Å². The first-order valence-corrected chi connectivity index (χ1v) is 7.87. The Hall–Kier alpha value is -0.290. The standard InChI is InChI=1S/C16H30F3NO/c1-14(2,3)13-5-7-15(8-6-13,11-20-4)9-10-21-12-16(17,18)19/h13,20H,5-12H2,1-4H3. The molecular weight excluding hydrogens is 279 g/mol. The fraction of sp³-hybridized carbons (Fsp3) is 1.00. The lowest BCUT2D eigenvalue weighted by atomic mass is 9.63. The molecule has 0 atom stereocenters. The van der Waals surface area contributed by atoms with E-state index in [1.807, 2.05) is 7.05 Å². The molecule has 1 fully saturated rings. The summed E-state index contributed by atoms with van der Waals surface area (Å²) in [6.07, 6.45) is 0.950. The summed E-state index contributed by atoms with van der Waals surface area (Å²) in [5.41, 5.74) is 0.417. The SMILES string of the molecule is CNCC1(CCOCC(F)(F)F)CCC(C(C)(C)C)CC1. The van der Waals surface area contributed by atoms with Crippen molar-refractivity contribution in [2.45, 2.75) is 59.1 Å². The van der Waals surface area contributed by atoms with Gasteiger partial charge in [-0.2, -0.15) is 13.2 Å². The average molecular weight is 309 g/mol. The van der Waals surface area contributed by atoms with Crippen molar-refractivity contribution in [2.75, 3.05) is 26.8 Å². The minimum absolute atomic E-state index is 0.0993. The zero-order chi connectivity index (χ0) is 16.1. The minimum Gasteiger partial charge on any atom is -0.372 e. The molecule has 1 aliphatic carbocycles. The van der Waals surface area contributed by atoms with Crippen LogP contribution >= 0.6 is 0 Å². The maximum Gasteiger partial charge on any atom is 0.411 e. The van der Waals surface area contributed by atoms with Gasteiger partial charge in [0.15, 0.2) is 0 Å². The lowest BCUT2D eigenvalue weighted by Gasteiger charge is -2.44. The fourth-order valence-electron chi connectivity index (χ4n) is 3.46. The van der Waals surface area contributed by atoms with E-state index in [0.717, 1.165) is 32.2 Å². The van der Waals surface area contributed by atoms with Gasteiger partial charge >= 0.3 is 6.18 Å². The third-order valence-corrected chi connectivity index (χ3v) is 4.87.